The second-order valence-corrected chi connectivity index (χ2v) is 8.97. The number of anilines is 1. The third-order valence-corrected chi connectivity index (χ3v) is 6.51. The van der Waals surface area contributed by atoms with E-state index in [2.05, 4.69) is 31.6 Å². The molecule has 8 heteroatoms. The second kappa shape index (κ2) is 8.03. The van der Waals surface area contributed by atoms with E-state index in [-0.39, 0.29) is 17.5 Å². The highest BCUT2D eigenvalue weighted by Crippen LogP contribution is 2.18. The number of hydrogen-bond acceptors (Lipinski definition) is 5. The zero-order valence-corrected chi connectivity index (χ0v) is 15.6. The van der Waals surface area contributed by atoms with Crippen molar-refractivity contribution in [2.24, 2.45) is 4.99 Å². The lowest BCUT2D eigenvalue weighted by molar-refractivity contribution is 0.573. The third kappa shape index (κ3) is 5.07. The van der Waals surface area contributed by atoms with Crippen LogP contribution in [0.5, 0.6) is 0 Å². The number of pyridine rings is 1. The monoisotopic (exact) mass is 365 g/mol. The number of guanidine groups is 1. The zero-order chi connectivity index (χ0) is 17.7. The standard InChI is InChI=1S/C17H27N5O2S/c1-18-17(21-15-6-10-25(23,24)13-15)20-12-14-5-7-19-16(11-14)22-8-3-2-4-9-22/h5,7,11,15H,2-4,6,8-10,12-13H2,1H3,(H2,18,20,21). The van der Waals surface area contributed by atoms with E-state index in [1.54, 1.807) is 7.05 Å². The van der Waals surface area contributed by atoms with Crippen LogP contribution in [0.4, 0.5) is 5.82 Å². The molecule has 7 nitrogen and oxygen atoms in total. The molecule has 0 amide bonds. The molecule has 138 valence electrons. The molecule has 0 bridgehead atoms. The quantitative estimate of drug-likeness (QED) is 0.610. The van der Waals surface area contributed by atoms with E-state index in [0.717, 1.165) is 24.5 Å². The molecule has 0 aromatic carbocycles. The van der Waals surface area contributed by atoms with E-state index < -0.39 is 9.84 Å². The summed E-state index contributed by atoms with van der Waals surface area (Å²) < 4.78 is 23.1. The molecule has 2 N–H and O–H groups in total. The smallest absolute Gasteiger partial charge is 0.191 e. The Balaban J connectivity index is 1.55. The van der Waals surface area contributed by atoms with E-state index in [9.17, 15) is 8.42 Å². The Kier molecular flexibility index (Phi) is 5.78. The molecule has 1 atom stereocenters. The Morgan fingerprint density at radius 3 is 2.84 bits per heavy atom. The van der Waals surface area contributed by atoms with Gasteiger partial charge in [-0.25, -0.2) is 13.4 Å². The highest BCUT2D eigenvalue weighted by atomic mass is 32.2. The van der Waals surface area contributed by atoms with Gasteiger partial charge in [-0.2, -0.15) is 0 Å². The molecular weight excluding hydrogens is 338 g/mol. The van der Waals surface area contributed by atoms with Crippen LogP contribution < -0.4 is 15.5 Å². The molecular formula is C17H27N5O2S. The fourth-order valence-electron chi connectivity index (χ4n) is 3.35. The molecule has 25 heavy (non-hydrogen) atoms. The number of rotatable bonds is 4. The number of piperidine rings is 1. The van der Waals surface area contributed by atoms with Crippen molar-refractivity contribution >= 4 is 21.6 Å². The van der Waals surface area contributed by atoms with E-state index in [4.69, 9.17) is 0 Å². The van der Waals surface area contributed by atoms with Gasteiger partial charge in [0.15, 0.2) is 15.8 Å². The van der Waals surface area contributed by atoms with Gasteiger partial charge in [0.2, 0.25) is 0 Å². The van der Waals surface area contributed by atoms with Gasteiger partial charge in [0.05, 0.1) is 11.5 Å². The summed E-state index contributed by atoms with van der Waals surface area (Å²) in [7, 11) is -1.19. The number of nitrogens with zero attached hydrogens (tertiary/aromatic N) is 3. The number of nitrogens with one attached hydrogen (secondary N) is 2. The van der Waals surface area contributed by atoms with Crippen molar-refractivity contribution in [2.45, 2.75) is 38.3 Å². The summed E-state index contributed by atoms with van der Waals surface area (Å²) in [5.74, 6) is 2.11. The van der Waals surface area contributed by atoms with Crippen molar-refractivity contribution in [1.29, 1.82) is 0 Å². The molecule has 3 heterocycles. The average molecular weight is 366 g/mol. The Morgan fingerprint density at radius 2 is 2.16 bits per heavy atom. The van der Waals surface area contributed by atoms with Gasteiger partial charge in [-0.15, -0.1) is 0 Å². The maximum Gasteiger partial charge on any atom is 0.191 e. The average Bonchev–Trinajstić information content (AvgIpc) is 2.98. The van der Waals surface area contributed by atoms with Gasteiger partial charge in [0.1, 0.15) is 5.82 Å². The van der Waals surface area contributed by atoms with E-state index in [1.807, 2.05) is 12.3 Å². The third-order valence-electron chi connectivity index (χ3n) is 4.75. The Morgan fingerprint density at radius 1 is 1.36 bits per heavy atom. The van der Waals surface area contributed by atoms with E-state index in [1.165, 1.54) is 19.3 Å². The summed E-state index contributed by atoms with van der Waals surface area (Å²) in [6.45, 7) is 2.77. The van der Waals surface area contributed by atoms with Crippen molar-refractivity contribution in [3.05, 3.63) is 23.9 Å². The molecule has 1 unspecified atom stereocenters. The van der Waals surface area contributed by atoms with Crippen LogP contribution in [0.15, 0.2) is 23.3 Å². The Labute approximate surface area is 149 Å². The van der Waals surface area contributed by atoms with Crippen LogP contribution >= 0.6 is 0 Å². The van der Waals surface area contributed by atoms with Crippen molar-refractivity contribution < 1.29 is 8.42 Å². The van der Waals surface area contributed by atoms with Crippen molar-refractivity contribution in [2.75, 3.05) is 36.5 Å². The zero-order valence-electron chi connectivity index (χ0n) is 14.7. The SMILES string of the molecule is CN=C(NCc1ccnc(N2CCCCC2)c1)NC1CCS(=O)(=O)C1. The molecule has 2 saturated heterocycles. The van der Waals surface area contributed by atoms with Crippen LogP contribution in [0.2, 0.25) is 0 Å². The summed E-state index contributed by atoms with van der Waals surface area (Å²) in [5, 5.41) is 6.47. The number of aromatic nitrogens is 1. The van der Waals surface area contributed by atoms with Gasteiger partial charge in [-0.05, 0) is 43.4 Å². The lowest BCUT2D eigenvalue weighted by atomic mass is 10.1. The van der Waals surface area contributed by atoms with Gasteiger partial charge < -0.3 is 15.5 Å². The second-order valence-electron chi connectivity index (χ2n) is 6.74. The van der Waals surface area contributed by atoms with Crippen LogP contribution in [0, 0.1) is 0 Å². The first-order valence-corrected chi connectivity index (χ1v) is 10.8. The summed E-state index contributed by atoms with van der Waals surface area (Å²) in [4.78, 5) is 11.0. The first-order chi connectivity index (χ1) is 12.1. The lowest BCUT2D eigenvalue weighted by Crippen LogP contribution is -2.43. The van der Waals surface area contributed by atoms with Crippen LogP contribution in [0.1, 0.15) is 31.2 Å². The minimum absolute atomic E-state index is 0.0578. The topological polar surface area (TPSA) is 86.7 Å². The van der Waals surface area contributed by atoms with Crippen molar-refractivity contribution in [3.8, 4) is 0 Å². The maximum absolute atomic E-state index is 11.6. The predicted molar refractivity (Wildman–Crippen MR) is 101 cm³/mol. The molecule has 0 spiro atoms. The number of sulfone groups is 1. The predicted octanol–water partition coefficient (Wildman–Crippen LogP) is 0.924. The fourth-order valence-corrected chi connectivity index (χ4v) is 5.02. The van der Waals surface area contributed by atoms with Gasteiger partial charge in [-0.1, -0.05) is 0 Å². The summed E-state index contributed by atoms with van der Waals surface area (Å²) >= 11 is 0. The first kappa shape index (κ1) is 18.0. The molecule has 2 aliphatic rings. The summed E-state index contributed by atoms with van der Waals surface area (Å²) in [5.41, 5.74) is 1.14. The Bertz CT molecular complexity index is 714. The van der Waals surface area contributed by atoms with Gasteiger partial charge in [-0.3, -0.25) is 4.99 Å². The highest BCUT2D eigenvalue weighted by molar-refractivity contribution is 7.91. The van der Waals surface area contributed by atoms with Gasteiger partial charge in [0, 0.05) is 38.9 Å². The molecule has 1 aromatic heterocycles. The molecule has 2 fully saturated rings. The van der Waals surface area contributed by atoms with E-state index in [0.29, 0.717) is 18.9 Å². The van der Waals surface area contributed by atoms with E-state index >= 15 is 0 Å². The van der Waals surface area contributed by atoms with Crippen LogP contribution in [0.3, 0.4) is 0 Å². The normalized spacial score (nSPS) is 23.5. The minimum Gasteiger partial charge on any atom is -0.357 e. The highest BCUT2D eigenvalue weighted by Gasteiger charge is 2.28. The largest absolute Gasteiger partial charge is 0.357 e. The molecule has 1 aromatic rings. The van der Waals surface area contributed by atoms with Gasteiger partial charge in [0.25, 0.3) is 0 Å². The fraction of sp³-hybridized carbons (Fsp3) is 0.647. The van der Waals surface area contributed by atoms with Crippen LogP contribution in [0.25, 0.3) is 0 Å². The van der Waals surface area contributed by atoms with Crippen LogP contribution in [-0.4, -0.2) is 57.0 Å². The molecule has 0 aliphatic carbocycles. The summed E-state index contributed by atoms with van der Waals surface area (Å²) in [6.07, 6.45) is 6.24. The number of aliphatic imine (C=N–C) groups is 1. The molecule has 0 saturated carbocycles. The molecule has 0 radical (unpaired) electrons. The van der Waals surface area contributed by atoms with Crippen molar-refractivity contribution in [3.63, 3.8) is 0 Å². The van der Waals surface area contributed by atoms with Gasteiger partial charge >= 0.3 is 0 Å². The molecule has 2 aliphatic heterocycles. The maximum atomic E-state index is 11.6. The Hall–Kier alpha value is -1.83. The lowest BCUT2D eigenvalue weighted by Gasteiger charge is -2.28. The minimum atomic E-state index is -2.89. The molecule has 3 rings (SSSR count). The van der Waals surface area contributed by atoms with Crippen LogP contribution in [-0.2, 0) is 16.4 Å². The van der Waals surface area contributed by atoms with Crippen molar-refractivity contribution in [1.82, 2.24) is 15.6 Å². The first-order valence-electron chi connectivity index (χ1n) is 8.93. The summed E-state index contributed by atoms with van der Waals surface area (Å²) in [6, 6.07) is 4.05. The number of hydrogen-bond donors (Lipinski definition) is 2.